The molecular formula is C22H34N4O4S2. The highest BCUT2D eigenvalue weighted by Gasteiger charge is 2.19. The molecule has 0 aliphatic carbocycles. The Bertz CT molecular complexity index is 873. The molecule has 0 spiro atoms. The summed E-state index contributed by atoms with van der Waals surface area (Å²) >= 11 is 3.01. The first-order valence-corrected chi connectivity index (χ1v) is 12.7. The van der Waals surface area contributed by atoms with Gasteiger partial charge in [0.2, 0.25) is 17.7 Å². The molecule has 8 nitrogen and oxygen atoms in total. The van der Waals surface area contributed by atoms with Gasteiger partial charge >= 0.3 is 0 Å². The van der Waals surface area contributed by atoms with Gasteiger partial charge in [-0.2, -0.15) is 0 Å². The molecule has 2 aromatic rings. The minimum absolute atomic E-state index is 0.0594. The molecule has 0 atom stereocenters. The van der Waals surface area contributed by atoms with Gasteiger partial charge in [0, 0.05) is 18.3 Å². The predicted octanol–water partition coefficient (Wildman–Crippen LogP) is 5.63. The number of carbonyl (C=O) groups excluding carboxylic acids is 2. The Morgan fingerprint density at radius 1 is 1.16 bits per heavy atom. The number of unbranched alkanes of at least 4 members (excludes halogenated alkanes) is 3. The van der Waals surface area contributed by atoms with E-state index in [2.05, 4.69) is 36.1 Å². The molecule has 0 aromatic carbocycles. The Kier molecular flexibility index (Phi) is 10.2. The fourth-order valence-corrected chi connectivity index (χ4v) is 4.48. The molecule has 0 aliphatic heterocycles. The molecule has 32 heavy (non-hydrogen) atoms. The maximum atomic E-state index is 12.1. The molecule has 2 amide bonds. The van der Waals surface area contributed by atoms with Gasteiger partial charge in [-0.3, -0.25) is 14.8 Å². The first-order chi connectivity index (χ1) is 15.1. The maximum Gasteiger partial charge on any atom is 0.246 e. The third-order valence-electron chi connectivity index (χ3n) is 4.65. The van der Waals surface area contributed by atoms with Gasteiger partial charge in [0.15, 0.2) is 5.13 Å². The molecule has 0 unspecified atom stereocenters. The number of oxazole rings is 1. The van der Waals surface area contributed by atoms with E-state index in [9.17, 15) is 14.8 Å². The minimum atomic E-state index is -0.257. The van der Waals surface area contributed by atoms with Gasteiger partial charge in [-0.25, -0.2) is 15.0 Å². The van der Waals surface area contributed by atoms with Crippen molar-refractivity contribution < 1.29 is 19.2 Å². The van der Waals surface area contributed by atoms with Crippen molar-refractivity contribution in [3.05, 3.63) is 24.0 Å². The first-order valence-electron chi connectivity index (χ1n) is 10.9. The van der Waals surface area contributed by atoms with Gasteiger partial charge in [-0.15, -0.1) is 11.8 Å². The number of thiazole rings is 1. The lowest BCUT2D eigenvalue weighted by molar-refractivity contribution is -0.172. The number of hydroxylamine groups is 2. The summed E-state index contributed by atoms with van der Waals surface area (Å²) in [6, 6.07) is -0.209. The van der Waals surface area contributed by atoms with Crippen LogP contribution in [0, 0.1) is 0 Å². The highest BCUT2D eigenvalue weighted by Crippen LogP contribution is 2.31. The van der Waals surface area contributed by atoms with E-state index in [1.54, 1.807) is 38.0 Å². The van der Waals surface area contributed by atoms with Crippen molar-refractivity contribution >= 4 is 40.0 Å². The zero-order chi connectivity index (χ0) is 23.7. The molecule has 0 fully saturated rings. The lowest BCUT2D eigenvalue weighted by Crippen LogP contribution is -2.33. The highest BCUT2D eigenvalue weighted by molar-refractivity contribution is 8.00. The maximum absolute atomic E-state index is 12.1. The average molecular weight is 483 g/mol. The monoisotopic (exact) mass is 482 g/mol. The van der Waals surface area contributed by atoms with Gasteiger partial charge in [-0.05, 0) is 26.7 Å². The van der Waals surface area contributed by atoms with E-state index in [4.69, 9.17) is 4.42 Å². The molecule has 2 heterocycles. The third kappa shape index (κ3) is 8.91. The second-order valence-corrected chi connectivity index (χ2v) is 11.2. The van der Waals surface area contributed by atoms with Gasteiger partial charge in [0.25, 0.3) is 0 Å². The number of amides is 2. The van der Waals surface area contributed by atoms with Crippen molar-refractivity contribution in [2.45, 2.75) is 94.6 Å². The summed E-state index contributed by atoms with van der Waals surface area (Å²) in [5.41, 5.74) is -0.0658. The van der Waals surface area contributed by atoms with Crippen LogP contribution in [0.4, 0.5) is 5.13 Å². The molecular weight excluding hydrogens is 448 g/mol. The first kappa shape index (κ1) is 26.3. The molecule has 2 N–H and O–H groups in total. The Balaban J connectivity index is 1.62. The zero-order valence-electron chi connectivity index (χ0n) is 19.5. The second kappa shape index (κ2) is 12.4. The summed E-state index contributed by atoms with van der Waals surface area (Å²) in [5, 5.41) is 13.8. The van der Waals surface area contributed by atoms with Gasteiger partial charge < -0.3 is 9.73 Å². The Morgan fingerprint density at radius 3 is 2.47 bits per heavy atom. The number of carbonyl (C=O) groups is 2. The van der Waals surface area contributed by atoms with Crippen LogP contribution >= 0.6 is 23.1 Å². The van der Waals surface area contributed by atoms with E-state index in [0.29, 0.717) is 36.0 Å². The Labute approximate surface area is 198 Å². The Hall–Kier alpha value is -1.91. The van der Waals surface area contributed by atoms with Crippen molar-refractivity contribution in [3.63, 3.8) is 0 Å². The number of hydrogen-bond donors (Lipinski definition) is 2. The van der Waals surface area contributed by atoms with Gasteiger partial charge in [0.05, 0.1) is 28.4 Å². The molecule has 10 heteroatoms. The number of thioether (sulfide) groups is 1. The molecule has 0 aliphatic rings. The molecule has 2 rings (SSSR count). The minimum Gasteiger partial charge on any atom is -0.444 e. The van der Waals surface area contributed by atoms with E-state index < -0.39 is 0 Å². The average Bonchev–Trinajstić information content (AvgIpc) is 3.37. The molecule has 178 valence electrons. The van der Waals surface area contributed by atoms with E-state index >= 15 is 0 Å². The number of anilines is 1. The van der Waals surface area contributed by atoms with Crippen LogP contribution < -0.4 is 5.32 Å². The summed E-state index contributed by atoms with van der Waals surface area (Å²) in [5.74, 6) is 1.84. The van der Waals surface area contributed by atoms with Crippen LogP contribution in [0.3, 0.4) is 0 Å². The molecule has 2 aromatic heterocycles. The fraction of sp³-hybridized carbons (Fsp3) is 0.636. The quantitative estimate of drug-likeness (QED) is 0.175. The van der Waals surface area contributed by atoms with Crippen molar-refractivity contribution in [2.75, 3.05) is 5.32 Å². The standard InChI is InChI=1S/C22H34N4O4S2/c1-15(2)26(29)19(28)11-9-7-6-8-10-17(27)25-21-24-13-20(32-21)31-14-18-23-12-16(30-18)22(3,4)5/h12-13,15,29H,6-11,14H2,1-5H3,(H,24,25,27). The fourth-order valence-electron chi connectivity index (χ4n) is 2.74. The third-order valence-corrected chi connectivity index (χ3v) is 6.74. The van der Waals surface area contributed by atoms with Crippen LogP contribution in [0.1, 0.15) is 84.8 Å². The zero-order valence-corrected chi connectivity index (χ0v) is 21.1. The predicted molar refractivity (Wildman–Crippen MR) is 127 cm³/mol. The number of nitrogens with one attached hydrogen (secondary N) is 1. The van der Waals surface area contributed by atoms with Crippen molar-refractivity contribution in [1.29, 1.82) is 0 Å². The number of hydrogen-bond acceptors (Lipinski definition) is 8. The number of aromatic nitrogens is 2. The summed E-state index contributed by atoms with van der Waals surface area (Å²) in [6.07, 6.45) is 7.43. The SMILES string of the molecule is CC(C)N(O)C(=O)CCCCCCC(=O)Nc1ncc(SCc2ncc(C(C)(C)C)o2)s1. The number of rotatable bonds is 12. The lowest BCUT2D eigenvalue weighted by Gasteiger charge is -2.18. The van der Waals surface area contributed by atoms with Gasteiger partial charge in [-0.1, -0.05) is 44.9 Å². The molecule has 0 radical (unpaired) electrons. The smallest absolute Gasteiger partial charge is 0.246 e. The largest absolute Gasteiger partial charge is 0.444 e. The van der Waals surface area contributed by atoms with E-state index in [1.807, 2.05) is 0 Å². The Morgan fingerprint density at radius 2 is 1.84 bits per heavy atom. The molecule has 0 saturated carbocycles. The molecule has 0 bridgehead atoms. The van der Waals surface area contributed by atoms with E-state index in [0.717, 1.165) is 34.3 Å². The summed E-state index contributed by atoms with van der Waals surface area (Å²) in [7, 11) is 0. The second-order valence-electron chi connectivity index (χ2n) is 8.94. The number of nitrogens with zero attached hydrogens (tertiary/aromatic N) is 3. The van der Waals surface area contributed by atoms with E-state index in [1.165, 1.54) is 11.3 Å². The van der Waals surface area contributed by atoms with Crippen LogP contribution in [-0.4, -0.2) is 38.1 Å². The normalized spacial score (nSPS) is 11.7. The molecule has 0 saturated heterocycles. The van der Waals surface area contributed by atoms with Crippen LogP contribution in [0.25, 0.3) is 0 Å². The van der Waals surface area contributed by atoms with Gasteiger partial charge in [0.1, 0.15) is 5.76 Å². The summed E-state index contributed by atoms with van der Waals surface area (Å²) in [6.45, 7) is 9.78. The van der Waals surface area contributed by atoms with E-state index in [-0.39, 0.29) is 23.3 Å². The highest BCUT2D eigenvalue weighted by atomic mass is 32.2. The van der Waals surface area contributed by atoms with Crippen LogP contribution in [0.2, 0.25) is 0 Å². The van der Waals surface area contributed by atoms with Crippen LogP contribution in [0.15, 0.2) is 21.0 Å². The summed E-state index contributed by atoms with van der Waals surface area (Å²) < 4.78 is 6.78. The summed E-state index contributed by atoms with van der Waals surface area (Å²) in [4.78, 5) is 32.4. The van der Waals surface area contributed by atoms with Crippen LogP contribution in [-0.2, 0) is 20.8 Å². The van der Waals surface area contributed by atoms with Crippen molar-refractivity contribution in [2.24, 2.45) is 0 Å². The van der Waals surface area contributed by atoms with Crippen molar-refractivity contribution in [3.8, 4) is 0 Å². The van der Waals surface area contributed by atoms with Crippen molar-refractivity contribution in [1.82, 2.24) is 15.0 Å². The van der Waals surface area contributed by atoms with Crippen LogP contribution in [0.5, 0.6) is 0 Å². The topological polar surface area (TPSA) is 109 Å². The lowest BCUT2D eigenvalue weighted by atomic mass is 9.94.